The fourth-order valence-corrected chi connectivity index (χ4v) is 9.00. The Morgan fingerprint density at radius 1 is 0.882 bits per heavy atom. The van der Waals surface area contributed by atoms with Crippen LogP contribution in [0.15, 0.2) is 24.3 Å². The molecule has 34 heavy (non-hydrogen) atoms. The number of aliphatic hydroxyl groups is 1. The van der Waals surface area contributed by atoms with Crippen molar-refractivity contribution in [3.63, 3.8) is 0 Å². The van der Waals surface area contributed by atoms with Gasteiger partial charge >= 0.3 is 0 Å². The molecule has 4 fully saturated rings. The Morgan fingerprint density at radius 2 is 1.59 bits per heavy atom. The zero-order valence-electron chi connectivity index (χ0n) is 21.3. The van der Waals surface area contributed by atoms with E-state index in [-0.39, 0.29) is 22.5 Å². The summed E-state index contributed by atoms with van der Waals surface area (Å²) in [5.74, 6) is 9.80. The van der Waals surface area contributed by atoms with E-state index >= 15 is 0 Å². The first-order valence-electron chi connectivity index (χ1n) is 13.4. The monoisotopic (exact) mass is 460 g/mol. The lowest BCUT2D eigenvalue weighted by Crippen LogP contribution is -2.56. The number of rotatable bonds is 2. The highest BCUT2D eigenvalue weighted by atomic mass is 16.3. The van der Waals surface area contributed by atoms with Gasteiger partial charge in [0, 0.05) is 17.0 Å². The first-order valence-corrected chi connectivity index (χ1v) is 13.4. The summed E-state index contributed by atoms with van der Waals surface area (Å²) in [7, 11) is 0. The molecule has 4 aliphatic carbocycles. The number of fused-ring (bicyclic) bond motifs is 5. The molecule has 0 bridgehead atoms. The van der Waals surface area contributed by atoms with Crippen LogP contribution in [0.4, 0.5) is 0 Å². The topological polar surface area (TPSA) is 54.4 Å². The van der Waals surface area contributed by atoms with Gasteiger partial charge in [0.25, 0.3) is 0 Å². The van der Waals surface area contributed by atoms with E-state index in [0.29, 0.717) is 29.1 Å². The molecule has 0 aliphatic heterocycles. The summed E-state index contributed by atoms with van der Waals surface area (Å²) in [6.45, 7) is 8.29. The molecule has 8 atom stereocenters. The van der Waals surface area contributed by atoms with Crippen LogP contribution < -0.4 is 0 Å². The van der Waals surface area contributed by atoms with Gasteiger partial charge in [-0.05, 0) is 118 Å². The fraction of sp³-hybridized carbons (Fsp3) is 0.677. The first-order chi connectivity index (χ1) is 16.1. The summed E-state index contributed by atoms with van der Waals surface area (Å²) in [5, 5.41) is 11.4. The van der Waals surface area contributed by atoms with Gasteiger partial charge in [0.15, 0.2) is 5.78 Å². The molecular formula is C31H40O3. The minimum absolute atomic E-state index is 0.0535. The highest BCUT2D eigenvalue weighted by molar-refractivity contribution is 5.94. The maximum absolute atomic E-state index is 12.4. The Hall–Kier alpha value is -1.92. The Kier molecular flexibility index (Phi) is 5.84. The van der Waals surface area contributed by atoms with Crippen molar-refractivity contribution in [1.82, 2.24) is 0 Å². The quantitative estimate of drug-likeness (QED) is 0.421. The molecule has 0 amide bonds. The molecule has 182 valence electrons. The lowest BCUT2D eigenvalue weighted by atomic mass is 9.44. The van der Waals surface area contributed by atoms with Crippen LogP contribution in [0, 0.1) is 52.3 Å². The molecule has 0 radical (unpaired) electrons. The molecule has 1 aromatic rings. The number of carbonyl (C=O) groups is 2. The van der Waals surface area contributed by atoms with E-state index in [9.17, 15) is 14.7 Å². The number of hydrogen-bond donors (Lipinski definition) is 1. The van der Waals surface area contributed by atoms with E-state index < -0.39 is 5.60 Å². The van der Waals surface area contributed by atoms with E-state index in [0.717, 1.165) is 37.2 Å². The first kappa shape index (κ1) is 23.8. The van der Waals surface area contributed by atoms with Crippen LogP contribution >= 0.6 is 0 Å². The lowest BCUT2D eigenvalue weighted by molar-refractivity contribution is -0.144. The van der Waals surface area contributed by atoms with Crippen LogP contribution in [0.5, 0.6) is 0 Å². The van der Waals surface area contributed by atoms with Gasteiger partial charge < -0.3 is 5.11 Å². The number of Topliss-reactive ketones (excluding diaryl/α,β-unsaturated/α-hetero) is 2. The molecule has 4 saturated carbocycles. The molecule has 0 spiro atoms. The summed E-state index contributed by atoms with van der Waals surface area (Å²) in [6, 6.07) is 7.37. The van der Waals surface area contributed by atoms with Gasteiger partial charge in [0.2, 0.25) is 0 Å². The summed E-state index contributed by atoms with van der Waals surface area (Å²) in [5.41, 5.74) is 1.09. The van der Waals surface area contributed by atoms with Crippen molar-refractivity contribution in [2.75, 3.05) is 0 Å². The van der Waals surface area contributed by atoms with Gasteiger partial charge in [-0.15, -0.1) is 0 Å². The Bertz CT molecular complexity index is 1040. The average molecular weight is 461 g/mol. The predicted molar refractivity (Wildman–Crippen MR) is 134 cm³/mol. The van der Waals surface area contributed by atoms with E-state index in [4.69, 9.17) is 0 Å². The average Bonchev–Trinajstić information content (AvgIpc) is 3.16. The summed E-state index contributed by atoms with van der Waals surface area (Å²) in [4.78, 5) is 23.9. The molecule has 1 N–H and O–H groups in total. The number of hydrogen-bond acceptors (Lipinski definition) is 3. The maximum Gasteiger partial charge on any atom is 0.159 e. The van der Waals surface area contributed by atoms with Crippen LogP contribution in [0.2, 0.25) is 0 Å². The molecule has 1 aromatic carbocycles. The molecule has 0 saturated heterocycles. The predicted octanol–water partition coefficient (Wildman–Crippen LogP) is 6.22. The van der Waals surface area contributed by atoms with Crippen molar-refractivity contribution in [2.45, 2.75) is 91.1 Å². The van der Waals surface area contributed by atoms with Crippen molar-refractivity contribution in [1.29, 1.82) is 0 Å². The van der Waals surface area contributed by atoms with Gasteiger partial charge in [-0.1, -0.05) is 37.8 Å². The van der Waals surface area contributed by atoms with Crippen molar-refractivity contribution >= 4 is 11.6 Å². The summed E-state index contributed by atoms with van der Waals surface area (Å²) >= 11 is 0. The van der Waals surface area contributed by atoms with Gasteiger partial charge in [0.1, 0.15) is 11.4 Å². The Morgan fingerprint density at radius 3 is 2.26 bits per heavy atom. The standard InChI is InChI=1S/C31H40O3/c1-20(32)23-7-5-22(6-8-23)13-16-31(34)18-17-29(3)24(19-31)9-10-25-27-12-11-26(21(2)33)30(27,4)15-14-28(25)29/h5-8,24-28,34H,9-12,14-15,17-19H2,1-4H3/t24-,25+,26-,27+,28+,29+,30-,31-/m1/s1. The SMILES string of the molecule is CC(=O)c1ccc(C#C[C@@]2(O)CC[C@@]3(C)[C@H](CC[C@@H]4[C@@H]3CC[C@]3(C)[C@@H](C(C)=O)CC[C@@H]43)C2)cc1. The number of ketones is 2. The second-order valence-electron chi connectivity index (χ2n) is 12.6. The second kappa shape index (κ2) is 8.34. The minimum Gasteiger partial charge on any atom is -0.378 e. The molecule has 0 unspecified atom stereocenters. The number of carbonyl (C=O) groups excluding carboxylic acids is 2. The van der Waals surface area contributed by atoms with Gasteiger partial charge in [-0.2, -0.15) is 0 Å². The van der Waals surface area contributed by atoms with E-state index in [1.165, 1.54) is 32.1 Å². The Labute approximate surface area is 205 Å². The molecule has 4 aliphatic rings. The van der Waals surface area contributed by atoms with Crippen molar-refractivity contribution in [3.05, 3.63) is 35.4 Å². The van der Waals surface area contributed by atoms with Gasteiger partial charge in [0.05, 0.1) is 0 Å². The van der Waals surface area contributed by atoms with Crippen LogP contribution in [-0.4, -0.2) is 22.3 Å². The van der Waals surface area contributed by atoms with E-state index in [2.05, 4.69) is 25.7 Å². The minimum atomic E-state index is -0.924. The molecule has 0 aromatic heterocycles. The molecule has 3 heteroatoms. The molecular weight excluding hydrogens is 420 g/mol. The van der Waals surface area contributed by atoms with Crippen LogP contribution in [-0.2, 0) is 4.79 Å². The number of benzene rings is 1. The van der Waals surface area contributed by atoms with Crippen molar-refractivity contribution in [2.24, 2.45) is 40.4 Å². The Balaban J connectivity index is 1.32. The zero-order chi connectivity index (χ0) is 24.3. The highest BCUT2D eigenvalue weighted by Crippen LogP contribution is 2.68. The summed E-state index contributed by atoms with van der Waals surface area (Å²) < 4.78 is 0. The molecule has 0 heterocycles. The van der Waals surface area contributed by atoms with Crippen molar-refractivity contribution < 1.29 is 14.7 Å². The fourth-order valence-electron chi connectivity index (χ4n) is 9.00. The van der Waals surface area contributed by atoms with Crippen molar-refractivity contribution in [3.8, 4) is 11.8 Å². The molecule has 3 nitrogen and oxygen atoms in total. The highest BCUT2D eigenvalue weighted by Gasteiger charge is 2.61. The lowest BCUT2D eigenvalue weighted by Gasteiger charge is -2.61. The summed E-state index contributed by atoms with van der Waals surface area (Å²) in [6.07, 6.45) is 9.68. The normalized spacial score (nSPS) is 43.0. The molecule has 5 rings (SSSR count). The van der Waals surface area contributed by atoms with E-state index in [1.54, 1.807) is 6.92 Å². The van der Waals surface area contributed by atoms with Gasteiger partial charge in [-0.25, -0.2) is 0 Å². The van der Waals surface area contributed by atoms with Crippen LogP contribution in [0.3, 0.4) is 0 Å². The smallest absolute Gasteiger partial charge is 0.159 e. The zero-order valence-corrected chi connectivity index (χ0v) is 21.3. The maximum atomic E-state index is 12.4. The van der Waals surface area contributed by atoms with Crippen LogP contribution in [0.1, 0.15) is 101 Å². The largest absolute Gasteiger partial charge is 0.378 e. The third kappa shape index (κ3) is 3.78. The third-order valence-electron chi connectivity index (χ3n) is 10.9. The van der Waals surface area contributed by atoms with E-state index in [1.807, 2.05) is 31.2 Å². The second-order valence-corrected chi connectivity index (χ2v) is 12.6. The van der Waals surface area contributed by atoms with Crippen LogP contribution in [0.25, 0.3) is 0 Å². The van der Waals surface area contributed by atoms with Gasteiger partial charge in [-0.3, -0.25) is 9.59 Å². The third-order valence-corrected chi connectivity index (χ3v) is 10.9.